The van der Waals surface area contributed by atoms with E-state index in [1.165, 1.54) is 24.1 Å². The Morgan fingerprint density at radius 2 is 1.89 bits per heavy atom. The molecule has 2 unspecified atom stereocenters. The zero-order valence-corrected chi connectivity index (χ0v) is 17.0. The molecule has 5 rings (SSSR count). The third-order valence-electron chi connectivity index (χ3n) is 6.32. The Kier molecular flexibility index (Phi) is 4.77. The van der Waals surface area contributed by atoms with Crippen molar-refractivity contribution in [3.8, 4) is 0 Å². The van der Waals surface area contributed by atoms with Crippen LogP contribution in [-0.4, -0.2) is 42.1 Å². The van der Waals surface area contributed by atoms with Crippen molar-refractivity contribution in [2.24, 2.45) is 0 Å². The van der Waals surface area contributed by atoms with Gasteiger partial charge in [0.1, 0.15) is 5.52 Å². The second-order valence-corrected chi connectivity index (χ2v) is 8.63. The first-order valence-electron chi connectivity index (χ1n) is 10.3. The Bertz CT molecular complexity index is 977. The summed E-state index contributed by atoms with van der Waals surface area (Å²) in [6, 6.07) is 15.1. The molecule has 2 heterocycles. The lowest BCUT2D eigenvalue weighted by Crippen LogP contribution is -2.49. The highest BCUT2D eigenvalue weighted by atomic mass is 35.5. The van der Waals surface area contributed by atoms with Crippen molar-refractivity contribution in [1.82, 2.24) is 9.88 Å². The molecule has 2 aliphatic rings. The fraction of sp³-hybridized carbons (Fsp3) is 0.435. The summed E-state index contributed by atoms with van der Waals surface area (Å²) in [5.74, 6) is 1.38. The maximum atomic E-state index is 6.16. The number of rotatable bonds is 3. The fourth-order valence-electron chi connectivity index (χ4n) is 4.76. The van der Waals surface area contributed by atoms with Crippen molar-refractivity contribution in [3.05, 3.63) is 58.9 Å². The van der Waals surface area contributed by atoms with Crippen LogP contribution in [0.25, 0.3) is 11.1 Å². The first-order valence-corrected chi connectivity index (χ1v) is 10.7. The van der Waals surface area contributed by atoms with Crippen LogP contribution in [-0.2, 0) is 0 Å². The molecule has 1 saturated carbocycles. The summed E-state index contributed by atoms with van der Waals surface area (Å²) in [6.45, 7) is 6.43. The third-order valence-corrected chi connectivity index (χ3v) is 6.55. The van der Waals surface area contributed by atoms with Crippen LogP contribution in [0, 0.1) is 6.92 Å². The van der Waals surface area contributed by atoms with Crippen molar-refractivity contribution in [2.45, 2.75) is 38.1 Å². The first kappa shape index (κ1) is 18.0. The molecule has 2 atom stereocenters. The van der Waals surface area contributed by atoms with Crippen molar-refractivity contribution in [1.29, 1.82) is 0 Å². The lowest BCUT2D eigenvalue weighted by Gasteiger charge is -2.39. The Labute approximate surface area is 171 Å². The van der Waals surface area contributed by atoms with Gasteiger partial charge < -0.3 is 9.32 Å². The van der Waals surface area contributed by atoms with E-state index in [0.717, 1.165) is 54.6 Å². The number of anilines is 1. The van der Waals surface area contributed by atoms with Crippen LogP contribution in [0.15, 0.2) is 46.9 Å². The van der Waals surface area contributed by atoms with Gasteiger partial charge in [-0.05, 0) is 62.1 Å². The second kappa shape index (κ2) is 7.41. The molecule has 1 aromatic heterocycles. The van der Waals surface area contributed by atoms with Gasteiger partial charge in [0.25, 0.3) is 0 Å². The number of benzene rings is 2. The van der Waals surface area contributed by atoms with Gasteiger partial charge in [-0.15, -0.1) is 0 Å². The molecule has 0 spiro atoms. The molecule has 0 bridgehead atoms. The van der Waals surface area contributed by atoms with E-state index in [1.54, 1.807) is 0 Å². The van der Waals surface area contributed by atoms with E-state index in [2.05, 4.69) is 47.1 Å². The normalized spacial score (nSPS) is 23.6. The molecule has 2 aromatic carbocycles. The SMILES string of the molecule is Cc1ccc2nc(C3CCC(N4CCN(c5cccc(Cl)c5)CC4)C3)oc2c1. The number of aryl methyl sites for hydroxylation is 1. The largest absolute Gasteiger partial charge is 0.440 e. The molecule has 2 fully saturated rings. The molecule has 28 heavy (non-hydrogen) atoms. The fourth-order valence-corrected chi connectivity index (χ4v) is 4.94. The Balaban J connectivity index is 1.22. The van der Waals surface area contributed by atoms with Gasteiger partial charge in [-0.3, -0.25) is 4.90 Å². The summed E-state index contributed by atoms with van der Waals surface area (Å²) >= 11 is 6.16. The third kappa shape index (κ3) is 3.51. The molecule has 0 amide bonds. The van der Waals surface area contributed by atoms with Crippen molar-refractivity contribution in [3.63, 3.8) is 0 Å². The van der Waals surface area contributed by atoms with Crippen LogP contribution in [0.1, 0.15) is 36.6 Å². The minimum atomic E-state index is 0.448. The summed E-state index contributed by atoms with van der Waals surface area (Å²) in [6.07, 6.45) is 3.56. The molecular weight excluding hydrogens is 370 g/mol. The predicted molar refractivity (Wildman–Crippen MR) is 114 cm³/mol. The van der Waals surface area contributed by atoms with Gasteiger partial charge in [0, 0.05) is 48.8 Å². The van der Waals surface area contributed by atoms with Gasteiger partial charge in [0.2, 0.25) is 0 Å². The van der Waals surface area contributed by atoms with Gasteiger partial charge in [0.05, 0.1) is 0 Å². The van der Waals surface area contributed by atoms with Crippen molar-refractivity contribution < 1.29 is 4.42 Å². The number of aromatic nitrogens is 1. The van der Waals surface area contributed by atoms with Gasteiger partial charge in [-0.2, -0.15) is 0 Å². The van der Waals surface area contributed by atoms with E-state index in [9.17, 15) is 0 Å². The number of halogens is 1. The molecular formula is C23H26ClN3O. The van der Waals surface area contributed by atoms with Gasteiger partial charge in [-0.1, -0.05) is 23.7 Å². The van der Waals surface area contributed by atoms with Gasteiger partial charge >= 0.3 is 0 Å². The molecule has 4 nitrogen and oxygen atoms in total. The second-order valence-electron chi connectivity index (χ2n) is 8.19. The summed E-state index contributed by atoms with van der Waals surface area (Å²) < 4.78 is 6.10. The van der Waals surface area contributed by atoms with Gasteiger partial charge in [-0.25, -0.2) is 4.98 Å². The molecule has 146 valence electrons. The maximum Gasteiger partial charge on any atom is 0.198 e. The van der Waals surface area contributed by atoms with E-state index < -0.39 is 0 Å². The smallest absolute Gasteiger partial charge is 0.198 e. The number of nitrogens with zero attached hydrogens (tertiary/aromatic N) is 3. The number of hydrogen-bond acceptors (Lipinski definition) is 4. The van der Waals surface area contributed by atoms with E-state index in [4.69, 9.17) is 21.0 Å². The van der Waals surface area contributed by atoms with Crippen LogP contribution in [0.2, 0.25) is 5.02 Å². The molecule has 0 radical (unpaired) electrons. The molecule has 1 aliphatic heterocycles. The zero-order valence-electron chi connectivity index (χ0n) is 16.3. The van der Waals surface area contributed by atoms with Crippen LogP contribution in [0.3, 0.4) is 0 Å². The van der Waals surface area contributed by atoms with Crippen LogP contribution < -0.4 is 4.90 Å². The zero-order chi connectivity index (χ0) is 19.1. The lowest BCUT2D eigenvalue weighted by atomic mass is 10.1. The number of piperazine rings is 1. The molecule has 1 saturated heterocycles. The maximum absolute atomic E-state index is 6.16. The Morgan fingerprint density at radius 3 is 2.71 bits per heavy atom. The van der Waals surface area contributed by atoms with E-state index in [0.29, 0.717) is 12.0 Å². The Hall–Kier alpha value is -2.04. The predicted octanol–water partition coefficient (Wildman–Crippen LogP) is 5.25. The summed E-state index contributed by atoms with van der Waals surface area (Å²) in [7, 11) is 0. The van der Waals surface area contributed by atoms with E-state index in [1.807, 2.05) is 12.1 Å². The number of oxazole rings is 1. The summed E-state index contributed by atoms with van der Waals surface area (Å²) in [4.78, 5) is 9.87. The summed E-state index contributed by atoms with van der Waals surface area (Å²) in [5.41, 5.74) is 4.36. The number of hydrogen-bond donors (Lipinski definition) is 0. The average molecular weight is 396 g/mol. The molecule has 1 aliphatic carbocycles. The van der Waals surface area contributed by atoms with E-state index in [-0.39, 0.29) is 0 Å². The molecule has 0 N–H and O–H groups in total. The highest BCUT2D eigenvalue weighted by Crippen LogP contribution is 2.38. The topological polar surface area (TPSA) is 32.5 Å². The molecule has 5 heteroatoms. The monoisotopic (exact) mass is 395 g/mol. The molecule has 3 aromatic rings. The van der Waals surface area contributed by atoms with Crippen LogP contribution in [0.4, 0.5) is 5.69 Å². The number of fused-ring (bicyclic) bond motifs is 1. The highest BCUT2D eigenvalue weighted by molar-refractivity contribution is 6.30. The Morgan fingerprint density at radius 1 is 1.04 bits per heavy atom. The average Bonchev–Trinajstić information content (AvgIpc) is 3.35. The van der Waals surface area contributed by atoms with Gasteiger partial charge in [0.15, 0.2) is 11.5 Å². The minimum absolute atomic E-state index is 0.448. The quantitative estimate of drug-likeness (QED) is 0.606. The van der Waals surface area contributed by atoms with Crippen molar-refractivity contribution in [2.75, 3.05) is 31.1 Å². The summed E-state index contributed by atoms with van der Waals surface area (Å²) in [5, 5.41) is 0.812. The van der Waals surface area contributed by atoms with E-state index >= 15 is 0 Å². The van der Waals surface area contributed by atoms with Crippen molar-refractivity contribution >= 4 is 28.4 Å². The standard InChI is InChI=1S/C23H26ClN3O/c1-16-5-8-21-22(13-16)28-23(25-21)17-6-7-20(14-17)27-11-9-26(10-12-27)19-4-2-3-18(24)15-19/h2-5,8,13,15,17,20H,6-7,9-12,14H2,1H3. The van der Waals surface area contributed by atoms with Crippen LogP contribution >= 0.6 is 11.6 Å². The minimum Gasteiger partial charge on any atom is -0.440 e. The first-order chi connectivity index (χ1) is 13.7. The lowest BCUT2D eigenvalue weighted by molar-refractivity contribution is 0.185. The van der Waals surface area contributed by atoms with Crippen LogP contribution in [0.5, 0.6) is 0 Å². The highest BCUT2D eigenvalue weighted by Gasteiger charge is 2.34.